The highest BCUT2D eigenvalue weighted by Gasteiger charge is 2.22. The van der Waals surface area contributed by atoms with E-state index in [1.54, 1.807) is 12.3 Å². The van der Waals surface area contributed by atoms with Crippen LogP contribution in [0.25, 0.3) is 10.9 Å². The number of hydrogen-bond acceptors (Lipinski definition) is 1. The van der Waals surface area contributed by atoms with Crippen molar-refractivity contribution < 1.29 is 9.18 Å². The summed E-state index contributed by atoms with van der Waals surface area (Å²) in [6.45, 7) is 0. The van der Waals surface area contributed by atoms with Gasteiger partial charge in [0.1, 0.15) is 5.82 Å². The van der Waals surface area contributed by atoms with E-state index in [4.69, 9.17) is 0 Å². The van der Waals surface area contributed by atoms with Crippen LogP contribution in [0, 0.1) is 11.7 Å². The molecule has 0 amide bonds. The van der Waals surface area contributed by atoms with Gasteiger partial charge in [0.15, 0.2) is 5.78 Å². The third-order valence-electron chi connectivity index (χ3n) is 3.64. The molecule has 3 rings (SSSR count). The Morgan fingerprint density at radius 1 is 1.41 bits per heavy atom. The van der Waals surface area contributed by atoms with Gasteiger partial charge in [0.25, 0.3) is 0 Å². The number of nitrogens with one attached hydrogen (secondary N) is 1. The lowest BCUT2D eigenvalue weighted by atomic mass is 9.81. The van der Waals surface area contributed by atoms with Gasteiger partial charge in [-0.1, -0.05) is 19.3 Å². The second-order valence-electron chi connectivity index (χ2n) is 4.82. The van der Waals surface area contributed by atoms with E-state index in [1.807, 2.05) is 0 Å². The van der Waals surface area contributed by atoms with E-state index in [1.165, 1.54) is 18.6 Å². The molecule has 1 saturated carbocycles. The number of halogens is 1. The van der Waals surface area contributed by atoms with Crippen molar-refractivity contribution in [3.05, 3.63) is 35.8 Å². The van der Waals surface area contributed by atoms with Crippen LogP contribution in [0.5, 0.6) is 0 Å². The van der Waals surface area contributed by atoms with Crippen LogP contribution in [-0.4, -0.2) is 10.8 Å². The van der Waals surface area contributed by atoms with Gasteiger partial charge in [0, 0.05) is 29.1 Å². The number of aromatic amines is 1. The molecule has 0 radical (unpaired) electrons. The summed E-state index contributed by atoms with van der Waals surface area (Å²) >= 11 is 0. The summed E-state index contributed by atoms with van der Waals surface area (Å²) < 4.78 is 13.2. The summed E-state index contributed by atoms with van der Waals surface area (Å²) in [6, 6.07) is 4.50. The minimum atomic E-state index is -0.296. The van der Waals surface area contributed by atoms with Crippen molar-refractivity contribution in [2.45, 2.75) is 25.7 Å². The van der Waals surface area contributed by atoms with Crippen molar-refractivity contribution in [3.63, 3.8) is 0 Å². The zero-order chi connectivity index (χ0) is 11.8. The molecule has 1 aromatic carbocycles. The largest absolute Gasteiger partial charge is 0.360 e. The molecular formula is C14H14FNO. The molecule has 0 spiro atoms. The summed E-state index contributed by atoms with van der Waals surface area (Å²) in [5.41, 5.74) is 1.45. The fourth-order valence-electron chi connectivity index (χ4n) is 2.39. The van der Waals surface area contributed by atoms with Gasteiger partial charge < -0.3 is 4.98 Å². The molecule has 3 heteroatoms. The number of Topliss-reactive ketones (excluding diaryl/α,β-unsaturated/α-hetero) is 1. The van der Waals surface area contributed by atoms with E-state index in [2.05, 4.69) is 4.98 Å². The second-order valence-corrected chi connectivity index (χ2v) is 4.82. The number of H-pyrrole nitrogens is 1. The molecule has 2 nitrogen and oxygen atoms in total. The molecule has 1 heterocycles. The van der Waals surface area contributed by atoms with Crippen LogP contribution in [0.3, 0.4) is 0 Å². The number of aromatic nitrogens is 1. The van der Waals surface area contributed by atoms with Crippen molar-refractivity contribution in [2.75, 3.05) is 0 Å². The van der Waals surface area contributed by atoms with Gasteiger partial charge in [0.05, 0.1) is 0 Å². The molecule has 1 aromatic heterocycles. The molecule has 1 aliphatic rings. The Balaban J connectivity index is 1.93. The highest BCUT2D eigenvalue weighted by Crippen LogP contribution is 2.31. The van der Waals surface area contributed by atoms with Gasteiger partial charge >= 0.3 is 0 Å². The normalized spacial score (nSPS) is 16.1. The first kappa shape index (κ1) is 10.5. The fourth-order valence-corrected chi connectivity index (χ4v) is 2.39. The topological polar surface area (TPSA) is 32.9 Å². The van der Waals surface area contributed by atoms with Crippen LogP contribution >= 0.6 is 0 Å². The molecular weight excluding hydrogens is 217 g/mol. The predicted molar refractivity (Wildman–Crippen MR) is 64.5 cm³/mol. The summed E-state index contributed by atoms with van der Waals surface area (Å²) in [7, 11) is 0. The Morgan fingerprint density at radius 3 is 2.94 bits per heavy atom. The SMILES string of the molecule is O=C(CC1CCC1)c1c[nH]c2ccc(F)cc12. The lowest BCUT2D eigenvalue weighted by Gasteiger charge is -2.24. The summed E-state index contributed by atoms with van der Waals surface area (Å²) in [6.07, 6.45) is 5.85. The number of benzene rings is 1. The number of carbonyl (C=O) groups excluding carboxylic acids is 1. The summed E-state index contributed by atoms with van der Waals surface area (Å²) in [5.74, 6) is 0.377. The van der Waals surface area contributed by atoms with Crippen molar-refractivity contribution in [2.24, 2.45) is 5.92 Å². The van der Waals surface area contributed by atoms with E-state index in [9.17, 15) is 9.18 Å². The third-order valence-corrected chi connectivity index (χ3v) is 3.64. The maximum absolute atomic E-state index is 13.2. The second kappa shape index (κ2) is 3.99. The van der Waals surface area contributed by atoms with E-state index >= 15 is 0 Å². The van der Waals surface area contributed by atoms with Crippen LogP contribution < -0.4 is 0 Å². The Kier molecular flexibility index (Phi) is 2.46. The Morgan fingerprint density at radius 2 is 2.24 bits per heavy atom. The van der Waals surface area contributed by atoms with Crippen LogP contribution in [-0.2, 0) is 0 Å². The molecule has 1 N–H and O–H groups in total. The lowest BCUT2D eigenvalue weighted by Crippen LogP contribution is -2.15. The van der Waals surface area contributed by atoms with E-state index in [0.717, 1.165) is 18.4 Å². The fraction of sp³-hybridized carbons (Fsp3) is 0.357. The quantitative estimate of drug-likeness (QED) is 0.803. The molecule has 88 valence electrons. The average molecular weight is 231 g/mol. The van der Waals surface area contributed by atoms with E-state index in [-0.39, 0.29) is 11.6 Å². The van der Waals surface area contributed by atoms with Crippen LogP contribution in [0.1, 0.15) is 36.0 Å². The standard InChI is InChI=1S/C14H14FNO/c15-10-4-5-13-11(7-10)12(8-16-13)14(17)6-9-2-1-3-9/h4-5,7-9,16H,1-3,6H2. The maximum atomic E-state index is 13.2. The van der Waals surface area contributed by atoms with Gasteiger partial charge in [-0.3, -0.25) is 4.79 Å². The van der Waals surface area contributed by atoms with Crippen LogP contribution in [0.2, 0.25) is 0 Å². The first-order valence-electron chi connectivity index (χ1n) is 6.04. The van der Waals surface area contributed by atoms with Gasteiger partial charge in [-0.2, -0.15) is 0 Å². The monoisotopic (exact) mass is 231 g/mol. The maximum Gasteiger partial charge on any atom is 0.165 e. The van der Waals surface area contributed by atoms with Gasteiger partial charge in [0.2, 0.25) is 0 Å². The van der Waals surface area contributed by atoms with Crippen molar-refractivity contribution in [3.8, 4) is 0 Å². The average Bonchev–Trinajstić information content (AvgIpc) is 2.66. The highest BCUT2D eigenvalue weighted by atomic mass is 19.1. The van der Waals surface area contributed by atoms with E-state index in [0.29, 0.717) is 23.3 Å². The number of fused-ring (bicyclic) bond motifs is 1. The molecule has 0 bridgehead atoms. The highest BCUT2D eigenvalue weighted by molar-refractivity contribution is 6.07. The molecule has 1 aliphatic carbocycles. The third kappa shape index (κ3) is 1.86. The first-order valence-corrected chi connectivity index (χ1v) is 6.04. The van der Waals surface area contributed by atoms with E-state index < -0.39 is 0 Å². The minimum Gasteiger partial charge on any atom is -0.360 e. The zero-order valence-corrected chi connectivity index (χ0v) is 9.50. The number of rotatable bonds is 3. The Hall–Kier alpha value is -1.64. The predicted octanol–water partition coefficient (Wildman–Crippen LogP) is 3.68. The summed E-state index contributed by atoms with van der Waals surface area (Å²) in [5, 5.41) is 0.703. The molecule has 0 aliphatic heterocycles. The van der Waals surface area contributed by atoms with Crippen molar-refractivity contribution >= 4 is 16.7 Å². The van der Waals surface area contributed by atoms with Crippen LogP contribution in [0.4, 0.5) is 4.39 Å². The van der Waals surface area contributed by atoms with Gasteiger partial charge in [-0.25, -0.2) is 4.39 Å². The van der Waals surface area contributed by atoms with Crippen molar-refractivity contribution in [1.29, 1.82) is 0 Å². The molecule has 17 heavy (non-hydrogen) atoms. The molecule has 2 aromatic rings. The number of carbonyl (C=O) groups is 1. The molecule has 0 atom stereocenters. The zero-order valence-electron chi connectivity index (χ0n) is 9.50. The van der Waals surface area contributed by atoms with Crippen LogP contribution in [0.15, 0.2) is 24.4 Å². The first-order chi connectivity index (χ1) is 8.24. The van der Waals surface area contributed by atoms with Gasteiger partial charge in [-0.15, -0.1) is 0 Å². The van der Waals surface area contributed by atoms with Crippen molar-refractivity contribution in [1.82, 2.24) is 4.98 Å². The smallest absolute Gasteiger partial charge is 0.165 e. The number of ketones is 1. The molecule has 0 saturated heterocycles. The Bertz CT molecular complexity index is 569. The summed E-state index contributed by atoms with van der Waals surface area (Å²) in [4.78, 5) is 15.1. The Labute approximate surface area is 98.8 Å². The number of hydrogen-bond donors (Lipinski definition) is 1. The van der Waals surface area contributed by atoms with Gasteiger partial charge in [-0.05, 0) is 24.1 Å². The molecule has 0 unspecified atom stereocenters. The lowest BCUT2D eigenvalue weighted by molar-refractivity contribution is 0.0938. The minimum absolute atomic E-state index is 0.131. The molecule has 1 fully saturated rings.